The van der Waals surface area contributed by atoms with Crippen molar-refractivity contribution in [1.29, 1.82) is 0 Å². The van der Waals surface area contributed by atoms with E-state index in [1.807, 2.05) is 54.6 Å². The molecule has 0 spiro atoms. The number of carboxylic acids is 2. The molecule has 5 N–H and O–H groups in total. The van der Waals surface area contributed by atoms with E-state index >= 15 is 0 Å². The van der Waals surface area contributed by atoms with Crippen LogP contribution in [0.3, 0.4) is 0 Å². The van der Waals surface area contributed by atoms with Crippen molar-refractivity contribution in [3.8, 4) is 5.75 Å². The largest absolute Gasteiger partial charge is 0.488 e. The third-order valence-electron chi connectivity index (χ3n) is 4.63. The molecule has 0 aliphatic heterocycles. The molecule has 0 aliphatic carbocycles. The number of anilines is 4. The predicted octanol–water partition coefficient (Wildman–Crippen LogP) is 6.93. The van der Waals surface area contributed by atoms with Crippen molar-refractivity contribution in [3.63, 3.8) is 0 Å². The third-order valence-corrected chi connectivity index (χ3v) is 5.71. The number of hydrogen-bond acceptors (Lipinski definition) is 10. The molecule has 12 nitrogen and oxygen atoms in total. The highest BCUT2D eigenvalue weighted by Gasteiger charge is 2.08. The van der Waals surface area contributed by atoms with Gasteiger partial charge in [-0.25, -0.2) is 5.43 Å². The number of halogens is 3. The van der Waals surface area contributed by atoms with E-state index in [1.165, 1.54) is 0 Å². The van der Waals surface area contributed by atoms with E-state index in [9.17, 15) is 0 Å². The highest BCUT2D eigenvalue weighted by Crippen LogP contribution is 2.26. The lowest BCUT2D eigenvalue weighted by Gasteiger charge is -2.11. The molecule has 4 rings (SSSR count). The number of rotatable bonds is 9. The molecule has 43 heavy (non-hydrogen) atoms. The third kappa shape index (κ3) is 13.8. The fourth-order valence-electron chi connectivity index (χ4n) is 2.95. The van der Waals surface area contributed by atoms with Gasteiger partial charge in [0.15, 0.2) is 0 Å². The fraction of sp³-hybridized carbons (Fsp3) is 0.143. The monoisotopic (exact) mass is 691 g/mol. The zero-order valence-corrected chi connectivity index (χ0v) is 26.3. The molecule has 15 heteroatoms. The van der Waals surface area contributed by atoms with Crippen LogP contribution in [-0.2, 0) is 16.2 Å². The summed E-state index contributed by atoms with van der Waals surface area (Å²) in [5.74, 6) is -0.00535. The average molecular weight is 693 g/mol. The highest BCUT2D eigenvalue weighted by atomic mass is 79.9. The van der Waals surface area contributed by atoms with Gasteiger partial charge in [-0.2, -0.15) is 20.1 Å². The molecule has 1 heterocycles. The first-order valence-electron chi connectivity index (χ1n) is 12.3. The quantitative estimate of drug-likeness (QED) is 0.0910. The van der Waals surface area contributed by atoms with E-state index in [-0.39, 0.29) is 12.6 Å². The van der Waals surface area contributed by atoms with Gasteiger partial charge in [0.1, 0.15) is 12.4 Å². The maximum absolute atomic E-state index is 9.00. The number of para-hydroxylation sites is 1. The van der Waals surface area contributed by atoms with Gasteiger partial charge in [0.25, 0.3) is 11.9 Å². The van der Waals surface area contributed by atoms with Crippen LogP contribution in [0.25, 0.3) is 0 Å². The number of hydrazone groups is 1. The second-order valence-corrected chi connectivity index (χ2v) is 9.92. The topological polar surface area (TPSA) is 171 Å². The first-order chi connectivity index (χ1) is 20.5. The minimum atomic E-state index is -0.833. The number of nitrogens with one attached hydrogen (secondary N) is 3. The summed E-state index contributed by atoms with van der Waals surface area (Å²) in [6.07, 6.45) is 1.62. The van der Waals surface area contributed by atoms with Crippen LogP contribution in [0.4, 0.5) is 23.5 Å². The summed E-state index contributed by atoms with van der Waals surface area (Å²) in [5.41, 5.74) is 5.26. The highest BCUT2D eigenvalue weighted by molar-refractivity contribution is 9.10. The lowest BCUT2D eigenvalue weighted by Crippen LogP contribution is -2.07. The smallest absolute Gasteiger partial charge is 0.300 e. The molecule has 0 aliphatic rings. The van der Waals surface area contributed by atoms with Crippen LogP contribution in [0.5, 0.6) is 5.75 Å². The van der Waals surface area contributed by atoms with Gasteiger partial charge >= 0.3 is 0 Å². The Bertz CT molecular complexity index is 1530. The summed E-state index contributed by atoms with van der Waals surface area (Å²) in [5, 5.41) is 26.3. The van der Waals surface area contributed by atoms with Crippen molar-refractivity contribution in [1.82, 2.24) is 15.0 Å². The number of carboxylic acid groups (broad SMARTS) is 2. The first-order valence-corrected chi connectivity index (χ1v) is 13.8. The minimum Gasteiger partial charge on any atom is -0.488 e. The molecule has 0 radical (unpaired) electrons. The molecule has 226 valence electrons. The van der Waals surface area contributed by atoms with E-state index in [0.717, 1.165) is 35.1 Å². The lowest BCUT2D eigenvalue weighted by atomic mass is 10.2. The Kier molecular flexibility index (Phi) is 14.7. The Balaban J connectivity index is 0.000000719. The van der Waals surface area contributed by atoms with E-state index < -0.39 is 11.9 Å². The zero-order chi connectivity index (χ0) is 31.8. The molecule has 0 unspecified atom stereocenters. The number of ether oxygens (including phenoxy) is 1. The maximum atomic E-state index is 9.00. The van der Waals surface area contributed by atoms with Crippen molar-refractivity contribution in [3.05, 3.63) is 92.4 Å². The molecule has 4 aromatic rings. The van der Waals surface area contributed by atoms with Crippen LogP contribution in [0.2, 0.25) is 10.0 Å². The molecule has 0 atom stereocenters. The minimum absolute atomic E-state index is 0.268. The van der Waals surface area contributed by atoms with Crippen LogP contribution in [-0.4, -0.2) is 50.4 Å². The van der Waals surface area contributed by atoms with Gasteiger partial charge < -0.3 is 25.6 Å². The van der Waals surface area contributed by atoms with Crippen molar-refractivity contribution in [2.24, 2.45) is 5.10 Å². The van der Waals surface area contributed by atoms with Crippen LogP contribution < -0.4 is 20.8 Å². The molecular formula is C28H28BrCl2N7O5. The summed E-state index contributed by atoms with van der Waals surface area (Å²) in [4.78, 5) is 31.0. The predicted molar refractivity (Wildman–Crippen MR) is 172 cm³/mol. The molecule has 0 saturated carbocycles. The van der Waals surface area contributed by atoms with Crippen LogP contribution >= 0.6 is 39.1 Å². The molecule has 0 saturated heterocycles. The van der Waals surface area contributed by atoms with Crippen LogP contribution in [0, 0.1) is 0 Å². The van der Waals surface area contributed by atoms with E-state index in [1.54, 1.807) is 25.4 Å². The van der Waals surface area contributed by atoms with Gasteiger partial charge in [0.2, 0.25) is 17.8 Å². The molecular weight excluding hydrogens is 665 g/mol. The Labute approximate surface area is 266 Å². The van der Waals surface area contributed by atoms with Gasteiger partial charge in [-0.3, -0.25) is 9.59 Å². The van der Waals surface area contributed by atoms with E-state index in [0.29, 0.717) is 27.7 Å². The number of carbonyl (C=O) groups is 2. The number of aliphatic carboxylic acids is 2. The Hall–Kier alpha value is -4.46. The summed E-state index contributed by atoms with van der Waals surface area (Å²) in [6, 6.07) is 20.5. The number of hydrogen-bond donors (Lipinski definition) is 5. The van der Waals surface area contributed by atoms with Crippen molar-refractivity contribution < 1.29 is 24.5 Å². The number of nitrogens with zero attached hydrogens (tertiary/aromatic N) is 4. The summed E-state index contributed by atoms with van der Waals surface area (Å²) in [6.45, 7) is 2.44. The maximum Gasteiger partial charge on any atom is 0.300 e. The SMILES string of the molecule is CC(=O)O.CC(=O)O.CNc1nc(NN=Cc2cc(Br)ccc2OCc2ccc(Cl)cc2Cl)nc(Nc2ccccc2)n1. The van der Waals surface area contributed by atoms with Crippen molar-refractivity contribution in [2.45, 2.75) is 20.5 Å². The summed E-state index contributed by atoms with van der Waals surface area (Å²) in [7, 11) is 1.73. The van der Waals surface area contributed by atoms with Gasteiger partial charge in [0, 0.05) is 52.2 Å². The van der Waals surface area contributed by atoms with Crippen LogP contribution in [0.1, 0.15) is 25.0 Å². The summed E-state index contributed by atoms with van der Waals surface area (Å²) >= 11 is 15.7. The standard InChI is InChI=1S/C24H20BrCl2N7O.2C2H4O2/c1-28-22-31-23(30-19-5-3-2-4-6-19)33-24(32-22)34-29-13-16-11-17(25)8-10-21(16)35-14-15-7-9-18(26)12-20(15)27;2*1-2(3)4/h2-13H,14H2,1H3,(H3,28,30,31,32,33,34);2*1H3,(H,3,4). The zero-order valence-electron chi connectivity index (χ0n) is 23.2. The Morgan fingerprint density at radius 2 is 1.56 bits per heavy atom. The van der Waals surface area contributed by atoms with Gasteiger partial charge in [0.05, 0.1) is 6.21 Å². The van der Waals surface area contributed by atoms with Crippen molar-refractivity contribution in [2.75, 3.05) is 23.1 Å². The molecule has 0 fully saturated rings. The first kappa shape index (κ1) is 34.7. The van der Waals surface area contributed by atoms with Crippen molar-refractivity contribution >= 4 is 80.8 Å². The van der Waals surface area contributed by atoms with Gasteiger partial charge in [-0.15, -0.1) is 0 Å². The van der Waals surface area contributed by atoms with E-state index in [2.05, 4.69) is 52.0 Å². The average Bonchev–Trinajstić information content (AvgIpc) is 2.93. The number of aromatic nitrogens is 3. The second kappa shape index (κ2) is 18.2. The molecule has 1 aromatic heterocycles. The van der Waals surface area contributed by atoms with Crippen LogP contribution in [0.15, 0.2) is 76.3 Å². The molecule has 0 amide bonds. The summed E-state index contributed by atoms with van der Waals surface area (Å²) < 4.78 is 6.87. The second-order valence-electron chi connectivity index (χ2n) is 8.16. The Morgan fingerprint density at radius 3 is 2.19 bits per heavy atom. The fourth-order valence-corrected chi connectivity index (χ4v) is 3.79. The molecule has 3 aromatic carbocycles. The van der Waals surface area contributed by atoms with E-state index in [4.69, 9.17) is 47.7 Å². The molecule has 0 bridgehead atoms. The lowest BCUT2D eigenvalue weighted by molar-refractivity contribution is -0.135. The van der Waals surface area contributed by atoms with Gasteiger partial charge in [-0.05, 0) is 42.5 Å². The number of benzene rings is 3. The Morgan fingerprint density at radius 1 is 0.930 bits per heavy atom. The normalized spacial score (nSPS) is 10.0. The van der Waals surface area contributed by atoms with Gasteiger partial charge in [-0.1, -0.05) is 63.4 Å².